The first-order valence-corrected chi connectivity index (χ1v) is 10.0. The smallest absolute Gasteiger partial charge is 0.266 e. The minimum atomic E-state index is -2.88. The van der Waals surface area contributed by atoms with E-state index in [4.69, 9.17) is 4.74 Å². The zero-order valence-electron chi connectivity index (χ0n) is 16.9. The Morgan fingerprint density at radius 1 is 1.26 bits per heavy atom. The minimum absolute atomic E-state index is 0.0332. The number of alkyl halides is 2. The lowest BCUT2D eigenvalue weighted by atomic mass is 10.0. The fourth-order valence-corrected chi connectivity index (χ4v) is 3.87. The predicted molar refractivity (Wildman–Crippen MR) is 112 cm³/mol. The lowest BCUT2D eigenvalue weighted by Gasteiger charge is -2.36. The van der Waals surface area contributed by atoms with E-state index in [1.807, 2.05) is 18.2 Å². The molecular formula is C22H23F3N4O2. The standard InChI is InChI=1S/C22H23F3N4O2/c1-13(16-3-2-4-17(21(16)23)22(24)25)27-20-10-26-28-19-6-5-14(9-18(19)20)29-7-8-31-12-15(29)11-30/h2-6,9-10,13,15,22,30H,7-8,11-12H2,1H3,(H,27,28)/t13-,15?/m1/s1. The third-order valence-electron chi connectivity index (χ3n) is 5.52. The first-order chi connectivity index (χ1) is 15.0. The number of hydrogen-bond donors (Lipinski definition) is 2. The van der Waals surface area contributed by atoms with Crippen LogP contribution in [0.2, 0.25) is 0 Å². The van der Waals surface area contributed by atoms with Crippen molar-refractivity contribution in [2.45, 2.75) is 25.4 Å². The molecule has 1 saturated heterocycles. The summed E-state index contributed by atoms with van der Waals surface area (Å²) in [6.07, 6.45) is -1.36. The maximum absolute atomic E-state index is 14.6. The van der Waals surface area contributed by atoms with Crippen molar-refractivity contribution in [3.05, 3.63) is 59.5 Å². The molecule has 0 saturated carbocycles. The first-order valence-electron chi connectivity index (χ1n) is 10.0. The summed E-state index contributed by atoms with van der Waals surface area (Å²) in [6.45, 7) is 3.30. The number of anilines is 2. The molecule has 2 heterocycles. The molecule has 6 nitrogen and oxygen atoms in total. The maximum Gasteiger partial charge on any atom is 0.266 e. The Bertz CT molecular complexity index is 1070. The van der Waals surface area contributed by atoms with E-state index in [2.05, 4.69) is 20.4 Å². The van der Waals surface area contributed by atoms with Gasteiger partial charge in [0.2, 0.25) is 0 Å². The SMILES string of the molecule is C[C@@H](Nc1cnnc2ccc(N3CCOCC3CO)cc12)c1cccc(C(F)F)c1F. The Hall–Kier alpha value is -2.91. The van der Waals surface area contributed by atoms with Crippen molar-refractivity contribution in [3.8, 4) is 0 Å². The lowest BCUT2D eigenvalue weighted by molar-refractivity contribution is 0.0727. The van der Waals surface area contributed by atoms with Crippen LogP contribution in [0.3, 0.4) is 0 Å². The highest BCUT2D eigenvalue weighted by molar-refractivity contribution is 5.93. The van der Waals surface area contributed by atoms with Gasteiger partial charge in [0.05, 0.1) is 54.9 Å². The Morgan fingerprint density at radius 2 is 2.06 bits per heavy atom. The second-order valence-corrected chi connectivity index (χ2v) is 7.48. The molecule has 1 unspecified atom stereocenters. The third-order valence-corrected chi connectivity index (χ3v) is 5.52. The van der Waals surface area contributed by atoms with Crippen LogP contribution in [0.25, 0.3) is 10.9 Å². The van der Waals surface area contributed by atoms with E-state index in [0.717, 1.165) is 17.1 Å². The second-order valence-electron chi connectivity index (χ2n) is 7.48. The highest BCUT2D eigenvalue weighted by Gasteiger charge is 2.24. The Labute approximate surface area is 177 Å². The fourth-order valence-electron chi connectivity index (χ4n) is 3.87. The van der Waals surface area contributed by atoms with E-state index < -0.39 is 23.8 Å². The summed E-state index contributed by atoms with van der Waals surface area (Å²) >= 11 is 0. The van der Waals surface area contributed by atoms with Crippen LogP contribution < -0.4 is 10.2 Å². The number of morpholine rings is 1. The molecule has 1 aliphatic heterocycles. The molecule has 0 aliphatic carbocycles. The average molecular weight is 432 g/mol. The summed E-state index contributed by atoms with van der Waals surface area (Å²) in [5, 5.41) is 21.8. The van der Waals surface area contributed by atoms with Crippen molar-refractivity contribution >= 4 is 22.3 Å². The topological polar surface area (TPSA) is 70.5 Å². The summed E-state index contributed by atoms with van der Waals surface area (Å²) in [6, 6.07) is 8.93. The van der Waals surface area contributed by atoms with Gasteiger partial charge in [0.25, 0.3) is 6.43 Å². The Kier molecular flexibility index (Phi) is 6.24. The van der Waals surface area contributed by atoms with Gasteiger partial charge in [-0.15, -0.1) is 0 Å². The summed E-state index contributed by atoms with van der Waals surface area (Å²) < 4.78 is 46.2. The van der Waals surface area contributed by atoms with E-state index in [-0.39, 0.29) is 18.2 Å². The molecule has 1 aliphatic rings. The number of benzene rings is 2. The number of nitrogens with zero attached hydrogens (tertiary/aromatic N) is 3. The van der Waals surface area contributed by atoms with Crippen LogP contribution in [-0.2, 0) is 4.74 Å². The Morgan fingerprint density at radius 3 is 2.84 bits per heavy atom. The number of hydrogen-bond acceptors (Lipinski definition) is 6. The van der Waals surface area contributed by atoms with E-state index in [1.54, 1.807) is 6.92 Å². The summed E-state index contributed by atoms with van der Waals surface area (Å²) in [7, 11) is 0. The molecule has 2 atom stereocenters. The molecule has 2 aromatic carbocycles. The van der Waals surface area contributed by atoms with E-state index >= 15 is 0 Å². The zero-order chi connectivity index (χ0) is 22.0. The van der Waals surface area contributed by atoms with Crippen molar-refractivity contribution in [1.29, 1.82) is 0 Å². The van der Waals surface area contributed by atoms with Gasteiger partial charge in [0, 0.05) is 23.2 Å². The zero-order valence-corrected chi connectivity index (χ0v) is 16.9. The number of rotatable bonds is 6. The predicted octanol–water partition coefficient (Wildman–Crippen LogP) is 4.08. The number of nitrogens with one attached hydrogen (secondary N) is 1. The minimum Gasteiger partial charge on any atom is -0.394 e. The van der Waals surface area contributed by atoms with Crippen LogP contribution in [0.15, 0.2) is 42.6 Å². The van der Waals surface area contributed by atoms with Crippen molar-refractivity contribution < 1.29 is 23.0 Å². The van der Waals surface area contributed by atoms with Crippen molar-refractivity contribution in [2.75, 3.05) is 36.6 Å². The van der Waals surface area contributed by atoms with Crippen molar-refractivity contribution in [1.82, 2.24) is 10.2 Å². The van der Waals surface area contributed by atoms with Gasteiger partial charge < -0.3 is 20.1 Å². The molecule has 9 heteroatoms. The van der Waals surface area contributed by atoms with Crippen molar-refractivity contribution in [3.63, 3.8) is 0 Å². The van der Waals surface area contributed by atoms with Gasteiger partial charge in [0.15, 0.2) is 0 Å². The largest absolute Gasteiger partial charge is 0.394 e. The van der Waals surface area contributed by atoms with Gasteiger partial charge in [0.1, 0.15) is 5.82 Å². The van der Waals surface area contributed by atoms with Crippen LogP contribution in [0, 0.1) is 5.82 Å². The van der Waals surface area contributed by atoms with Gasteiger partial charge >= 0.3 is 0 Å². The number of aromatic nitrogens is 2. The number of halogens is 3. The van der Waals surface area contributed by atoms with Gasteiger partial charge in [-0.1, -0.05) is 18.2 Å². The van der Waals surface area contributed by atoms with Crippen molar-refractivity contribution in [2.24, 2.45) is 0 Å². The van der Waals surface area contributed by atoms with Crippen LogP contribution in [0.1, 0.15) is 30.5 Å². The number of fused-ring (bicyclic) bond motifs is 1. The number of ether oxygens (including phenoxy) is 1. The third kappa shape index (κ3) is 4.28. The first kappa shape index (κ1) is 21.3. The molecule has 0 amide bonds. The molecule has 0 bridgehead atoms. The molecule has 0 spiro atoms. The number of aliphatic hydroxyl groups is 1. The van der Waals surface area contributed by atoms with Gasteiger partial charge in [-0.25, -0.2) is 13.2 Å². The highest BCUT2D eigenvalue weighted by Crippen LogP contribution is 2.32. The molecule has 164 valence electrons. The van der Waals surface area contributed by atoms with E-state index in [9.17, 15) is 18.3 Å². The van der Waals surface area contributed by atoms with E-state index in [1.165, 1.54) is 18.3 Å². The van der Waals surface area contributed by atoms with Crippen LogP contribution in [0.5, 0.6) is 0 Å². The number of aliphatic hydroxyl groups excluding tert-OH is 1. The van der Waals surface area contributed by atoms with Gasteiger partial charge in [-0.05, 0) is 25.1 Å². The lowest BCUT2D eigenvalue weighted by Crippen LogP contribution is -2.47. The average Bonchev–Trinajstić information content (AvgIpc) is 2.79. The van der Waals surface area contributed by atoms with Gasteiger partial charge in [-0.2, -0.15) is 10.2 Å². The second kappa shape index (κ2) is 9.07. The quantitative estimate of drug-likeness (QED) is 0.612. The molecule has 31 heavy (non-hydrogen) atoms. The molecule has 1 fully saturated rings. The van der Waals surface area contributed by atoms with E-state index in [0.29, 0.717) is 31.0 Å². The van der Waals surface area contributed by atoms with Crippen LogP contribution >= 0.6 is 0 Å². The van der Waals surface area contributed by atoms with Gasteiger partial charge in [-0.3, -0.25) is 0 Å². The summed E-state index contributed by atoms with van der Waals surface area (Å²) in [5.41, 5.74) is 1.66. The van der Waals surface area contributed by atoms with Crippen LogP contribution in [0.4, 0.5) is 24.5 Å². The molecule has 0 radical (unpaired) electrons. The molecule has 4 rings (SSSR count). The molecule has 2 N–H and O–H groups in total. The molecule has 1 aromatic heterocycles. The molecule has 3 aromatic rings. The normalized spacial score (nSPS) is 17.9. The fraction of sp³-hybridized carbons (Fsp3) is 0.364. The van der Waals surface area contributed by atoms with Crippen LogP contribution in [-0.4, -0.2) is 47.7 Å². The Balaban J connectivity index is 1.67. The monoisotopic (exact) mass is 432 g/mol. The highest BCUT2D eigenvalue weighted by atomic mass is 19.3. The molecular weight excluding hydrogens is 409 g/mol. The maximum atomic E-state index is 14.6. The summed E-state index contributed by atoms with van der Waals surface area (Å²) in [5.74, 6) is -0.913. The summed E-state index contributed by atoms with van der Waals surface area (Å²) in [4.78, 5) is 2.07.